The molecule has 2 atom stereocenters. The van der Waals surface area contributed by atoms with Gasteiger partial charge in [-0.15, -0.1) is 0 Å². The van der Waals surface area contributed by atoms with Gasteiger partial charge in [0.25, 0.3) is 5.91 Å². The number of carbonyl (C=O) groups excluding carboxylic acids is 1. The smallest absolute Gasteiger partial charge is 0.435 e. The normalized spacial score (nSPS) is 19.3. The van der Waals surface area contributed by atoms with E-state index in [0.29, 0.717) is 23.6 Å². The van der Waals surface area contributed by atoms with Crippen molar-refractivity contribution in [2.75, 3.05) is 18.7 Å². The molecule has 0 radical (unpaired) electrons. The Balaban J connectivity index is 1.28. The topological polar surface area (TPSA) is 120 Å². The lowest BCUT2D eigenvalue weighted by atomic mass is 9.99. The second kappa shape index (κ2) is 9.82. The number of benzene rings is 2. The number of hydrogen-bond donors (Lipinski definition) is 0. The summed E-state index contributed by atoms with van der Waals surface area (Å²) >= 11 is 0. The Labute approximate surface area is 249 Å². The SMILES string of the molecule is Cc1noc(C)c1S(=O)(=O)N1[C@@H]2CC[C@H]1c1c(C(F)(F)F)nn(-c3cccc(C(=O)N(C)c4ccc5c(c4)OCO5)c3)c1C2. The number of aromatic nitrogens is 3. The lowest BCUT2D eigenvalue weighted by molar-refractivity contribution is -0.142. The van der Waals surface area contributed by atoms with Gasteiger partial charge in [0.05, 0.1) is 17.4 Å². The van der Waals surface area contributed by atoms with E-state index < -0.39 is 39.9 Å². The maximum absolute atomic E-state index is 14.5. The number of amides is 1. The molecule has 1 amide bonds. The van der Waals surface area contributed by atoms with Gasteiger partial charge in [-0.3, -0.25) is 4.79 Å². The predicted molar refractivity (Wildman–Crippen MR) is 148 cm³/mol. The number of nitrogens with zero attached hydrogens (tertiary/aromatic N) is 5. The number of fused-ring (bicyclic) bond motifs is 5. The lowest BCUT2D eigenvalue weighted by Crippen LogP contribution is -2.42. The van der Waals surface area contributed by atoms with Crippen LogP contribution in [-0.2, 0) is 22.6 Å². The fraction of sp³-hybridized carbons (Fsp3) is 0.345. The summed E-state index contributed by atoms with van der Waals surface area (Å²) in [4.78, 5) is 14.7. The number of alkyl halides is 3. The monoisotopic (exact) mass is 629 g/mol. The zero-order chi connectivity index (χ0) is 31.1. The molecule has 0 unspecified atom stereocenters. The van der Waals surface area contributed by atoms with Crippen LogP contribution in [0.1, 0.15) is 57.6 Å². The molecule has 5 heterocycles. The van der Waals surface area contributed by atoms with E-state index in [1.165, 1.54) is 33.8 Å². The van der Waals surface area contributed by atoms with Crippen LogP contribution in [0.15, 0.2) is 51.9 Å². The average molecular weight is 630 g/mol. The maximum atomic E-state index is 14.5. The Kier molecular flexibility index (Phi) is 6.34. The van der Waals surface area contributed by atoms with Crippen molar-refractivity contribution < 1.29 is 40.4 Å². The summed E-state index contributed by atoms with van der Waals surface area (Å²) in [7, 11) is -2.65. The van der Waals surface area contributed by atoms with Gasteiger partial charge in [-0.05, 0) is 57.0 Å². The molecule has 230 valence electrons. The summed E-state index contributed by atoms with van der Waals surface area (Å²) in [6, 6.07) is 9.58. The number of sulfonamides is 1. The molecule has 2 aromatic heterocycles. The molecule has 0 aliphatic carbocycles. The quantitative estimate of drug-likeness (QED) is 0.304. The summed E-state index contributed by atoms with van der Waals surface area (Å²) in [5.41, 5.74) is 0.110. The van der Waals surface area contributed by atoms with E-state index >= 15 is 0 Å². The van der Waals surface area contributed by atoms with Crippen molar-refractivity contribution in [1.82, 2.24) is 19.2 Å². The summed E-state index contributed by atoms with van der Waals surface area (Å²) < 4.78 is 89.3. The molecule has 1 fully saturated rings. The van der Waals surface area contributed by atoms with Gasteiger partial charge in [-0.2, -0.15) is 22.6 Å². The minimum absolute atomic E-state index is 0.00674. The van der Waals surface area contributed by atoms with Crippen LogP contribution >= 0.6 is 0 Å². The van der Waals surface area contributed by atoms with Crippen LogP contribution in [0.2, 0.25) is 0 Å². The fourth-order valence-corrected chi connectivity index (χ4v) is 8.61. The van der Waals surface area contributed by atoms with Crippen LogP contribution in [0.4, 0.5) is 18.9 Å². The van der Waals surface area contributed by atoms with Gasteiger partial charge >= 0.3 is 6.18 Å². The molecular weight excluding hydrogens is 603 g/mol. The van der Waals surface area contributed by atoms with E-state index in [9.17, 15) is 26.4 Å². The second-order valence-corrected chi connectivity index (χ2v) is 12.8. The van der Waals surface area contributed by atoms with Gasteiger partial charge in [0.1, 0.15) is 10.6 Å². The first kappa shape index (κ1) is 28.4. The van der Waals surface area contributed by atoms with Crippen LogP contribution in [0.25, 0.3) is 5.69 Å². The fourth-order valence-electron chi connectivity index (χ4n) is 6.47. The molecule has 7 rings (SSSR count). The zero-order valence-corrected chi connectivity index (χ0v) is 24.6. The highest BCUT2D eigenvalue weighted by atomic mass is 32.2. The van der Waals surface area contributed by atoms with Gasteiger partial charge in [0.15, 0.2) is 23.0 Å². The maximum Gasteiger partial charge on any atom is 0.435 e. The summed E-state index contributed by atoms with van der Waals surface area (Å²) in [5, 5.41) is 7.74. The van der Waals surface area contributed by atoms with Gasteiger partial charge < -0.3 is 18.9 Å². The van der Waals surface area contributed by atoms with E-state index in [0.717, 1.165) is 0 Å². The second-order valence-electron chi connectivity index (χ2n) is 11.0. The Morgan fingerprint density at radius 2 is 1.84 bits per heavy atom. The van der Waals surface area contributed by atoms with Crippen molar-refractivity contribution >= 4 is 21.6 Å². The Morgan fingerprint density at radius 1 is 1.07 bits per heavy atom. The molecule has 2 bridgehead atoms. The van der Waals surface area contributed by atoms with Gasteiger partial charge in [0, 0.05) is 42.4 Å². The largest absolute Gasteiger partial charge is 0.454 e. The van der Waals surface area contributed by atoms with Crippen molar-refractivity contribution in [3.63, 3.8) is 0 Å². The molecular formula is C29H26F3N5O6S. The average Bonchev–Trinajstić information content (AvgIpc) is 3.76. The van der Waals surface area contributed by atoms with Crippen molar-refractivity contribution in [3.8, 4) is 17.2 Å². The third kappa shape index (κ3) is 4.28. The number of halogens is 3. The third-order valence-corrected chi connectivity index (χ3v) is 10.6. The van der Waals surface area contributed by atoms with E-state index in [1.807, 2.05) is 0 Å². The highest BCUT2D eigenvalue weighted by Gasteiger charge is 2.54. The van der Waals surface area contributed by atoms with Crippen LogP contribution in [0, 0.1) is 13.8 Å². The van der Waals surface area contributed by atoms with Crippen LogP contribution in [0.5, 0.6) is 11.5 Å². The molecule has 0 spiro atoms. The molecule has 1 saturated heterocycles. The van der Waals surface area contributed by atoms with Gasteiger partial charge in [-0.25, -0.2) is 13.1 Å². The molecule has 4 aromatic rings. The number of rotatable bonds is 5. The van der Waals surface area contributed by atoms with Crippen molar-refractivity contribution in [3.05, 3.63) is 76.4 Å². The number of hydrogen-bond acceptors (Lipinski definition) is 8. The van der Waals surface area contributed by atoms with E-state index in [1.54, 1.807) is 43.4 Å². The van der Waals surface area contributed by atoms with Crippen LogP contribution in [-0.4, -0.2) is 53.4 Å². The van der Waals surface area contributed by atoms with Gasteiger partial charge in [-0.1, -0.05) is 11.2 Å². The number of ether oxygens (including phenoxy) is 2. The highest BCUT2D eigenvalue weighted by molar-refractivity contribution is 7.89. The van der Waals surface area contributed by atoms with Crippen LogP contribution in [0.3, 0.4) is 0 Å². The Morgan fingerprint density at radius 3 is 2.57 bits per heavy atom. The molecule has 15 heteroatoms. The molecule has 3 aliphatic heterocycles. The summed E-state index contributed by atoms with van der Waals surface area (Å²) in [5.74, 6) is 0.734. The van der Waals surface area contributed by atoms with Gasteiger partial charge in [0.2, 0.25) is 16.8 Å². The number of carbonyl (C=O) groups is 1. The lowest BCUT2D eigenvalue weighted by Gasteiger charge is -2.34. The van der Waals surface area contributed by atoms with Crippen molar-refractivity contribution in [2.45, 2.75) is 56.3 Å². The van der Waals surface area contributed by atoms with Crippen molar-refractivity contribution in [2.24, 2.45) is 0 Å². The molecule has 44 heavy (non-hydrogen) atoms. The molecule has 3 aliphatic rings. The number of anilines is 1. The zero-order valence-electron chi connectivity index (χ0n) is 23.8. The first-order valence-corrected chi connectivity index (χ1v) is 15.2. The highest BCUT2D eigenvalue weighted by Crippen LogP contribution is 2.51. The Hall–Kier alpha value is -4.37. The van der Waals surface area contributed by atoms with E-state index in [4.69, 9.17) is 14.0 Å². The first-order chi connectivity index (χ1) is 20.9. The number of aryl methyl sites for hydroxylation is 2. The van der Waals surface area contributed by atoms with E-state index in [2.05, 4.69) is 10.3 Å². The summed E-state index contributed by atoms with van der Waals surface area (Å²) in [6.45, 7) is 3.03. The molecule has 2 aromatic carbocycles. The van der Waals surface area contributed by atoms with Crippen molar-refractivity contribution in [1.29, 1.82) is 0 Å². The Bertz CT molecular complexity index is 1920. The minimum Gasteiger partial charge on any atom is -0.454 e. The minimum atomic E-state index is -4.85. The van der Waals surface area contributed by atoms with Crippen LogP contribution < -0.4 is 14.4 Å². The predicted octanol–water partition coefficient (Wildman–Crippen LogP) is 4.95. The molecule has 0 N–H and O–H groups in total. The van der Waals surface area contributed by atoms with E-state index in [-0.39, 0.29) is 58.5 Å². The standard InChI is InChI=1S/C29H26F3N5O6S/c1-15-26(16(2)43-34-15)44(39,40)37-20-7-9-21(37)25-22(12-20)36(33-27(25)29(30,31)32)19-6-4-5-17(11-19)28(38)35(3)18-8-10-23-24(13-18)42-14-41-23/h4-6,8,10-11,13,20-21H,7,9,12,14H2,1-3H3/t20-,21+/m1/s1. The first-order valence-electron chi connectivity index (χ1n) is 13.8. The third-order valence-electron chi connectivity index (χ3n) is 8.38. The summed E-state index contributed by atoms with van der Waals surface area (Å²) in [6.07, 6.45) is -4.27. The molecule has 0 saturated carbocycles. The molecule has 11 nitrogen and oxygen atoms in total.